The molecule has 0 aromatic rings. The van der Waals surface area contributed by atoms with Gasteiger partial charge >= 0.3 is 5.97 Å². The second kappa shape index (κ2) is 5.27. The number of thioether (sulfide) groups is 1. The van der Waals surface area contributed by atoms with Crippen LogP contribution < -0.4 is 5.73 Å². The summed E-state index contributed by atoms with van der Waals surface area (Å²) >= 11 is 1.52. The minimum atomic E-state index is -0.934. The Labute approximate surface area is 106 Å². The molecule has 0 aliphatic carbocycles. The average Bonchev–Trinajstić information content (AvgIpc) is 2.57. The van der Waals surface area contributed by atoms with Gasteiger partial charge in [-0.15, -0.1) is 11.8 Å². The molecule has 5 nitrogen and oxygen atoms in total. The van der Waals surface area contributed by atoms with Crippen LogP contribution in [0.15, 0.2) is 0 Å². The summed E-state index contributed by atoms with van der Waals surface area (Å²) < 4.78 is 0. The summed E-state index contributed by atoms with van der Waals surface area (Å²) in [5.41, 5.74) is 5.21. The Hall–Kier alpha value is -0.750. The maximum atomic E-state index is 12.1. The van der Waals surface area contributed by atoms with Crippen LogP contribution in [0.1, 0.15) is 33.6 Å². The molecule has 0 spiro atoms. The minimum Gasteiger partial charge on any atom is -0.480 e. The number of aliphatic carboxylic acids is 1. The minimum absolute atomic E-state index is 0.0362. The predicted molar refractivity (Wildman–Crippen MR) is 67.7 cm³/mol. The fourth-order valence-electron chi connectivity index (χ4n) is 1.88. The molecular weight excluding hydrogens is 240 g/mol. The first-order valence-corrected chi connectivity index (χ1v) is 6.75. The monoisotopic (exact) mass is 260 g/mol. The maximum absolute atomic E-state index is 12.1. The van der Waals surface area contributed by atoms with Crippen molar-refractivity contribution < 1.29 is 14.7 Å². The summed E-state index contributed by atoms with van der Waals surface area (Å²) in [5.74, 6) is -0.636. The SMILES string of the molecule is CCC1SCC(C(=O)O)N1C(=O)CC(C)(C)N. The van der Waals surface area contributed by atoms with E-state index in [1.54, 1.807) is 13.8 Å². The fraction of sp³-hybridized carbons (Fsp3) is 0.818. The highest BCUT2D eigenvalue weighted by atomic mass is 32.2. The van der Waals surface area contributed by atoms with Crippen LogP contribution in [-0.2, 0) is 9.59 Å². The van der Waals surface area contributed by atoms with Gasteiger partial charge in [0.25, 0.3) is 0 Å². The maximum Gasteiger partial charge on any atom is 0.327 e. The van der Waals surface area contributed by atoms with Crippen molar-refractivity contribution in [3.05, 3.63) is 0 Å². The Bertz CT molecular complexity index is 314. The number of hydrogen-bond acceptors (Lipinski definition) is 4. The molecule has 17 heavy (non-hydrogen) atoms. The molecule has 1 heterocycles. The molecule has 2 unspecified atom stereocenters. The van der Waals surface area contributed by atoms with Gasteiger partial charge in [0.1, 0.15) is 6.04 Å². The number of carbonyl (C=O) groups is 2. The molecule has 1 aliphatic rings. The van der Waals surface area contributed by atoms with Gasteiger partial charge in [-0.2, -0.15) is 0 Å². The Kier molecular flexibility index (Phi) is 4.43. The summed E-state index contributed by atoms with van der Waals surface area (Å²) in [6.45, 7) is 5.49. The molecule has 98 valence electrons. The van der Waals surface area contributed by atoms with Gasteiger partial charge in [-0.3, -0.25) is 4.79 Å². The summed E-state index contributed by atoms with van der Waals surface area (Å²) in [6.07, 6.45) is 0.930. The first-order chi connectivity index (χ1) is 7.76. The van der Waals surface area contributed by atoms with Crippen molar-refractivity contribution >= 4 is 23.6 Å². The third-order valence-corrected chi connectivity index (χ3v) is 4.08. The summed E-state index contributed by atoms with van der Waals surface area (Å²) in [6, 6.07) is -0.709. The van der Waals surface area contributed by atoms with Gasteiger partial charge in [0.15, 0.2) is 0 Å². The molecular formula is C11H20N2O3S. The van der Waals surface area contributed by atoms with Crippen LogP contribution in [0.25, 0.3) is 0 Å². The van der Waals surface area contributed by atoms with Gasteiger partial charge in [-0.25, -0.2) is 4.79 Å². The molecule has 2 atom stereocenters. The summed E-state index contributed by atoms with van der Waals surface area (Å²) in [4.78, 5) is 24.7. The molecule has 1 saturated heterocycles. The van der Waals surface area contributed by atoms with Crippen LogP contribution in [-0.4, -0.2) is 44.6 Å². The van der Waals surface area contributed by atoms with E-state index in [4.69, 9.17) is 10.8 Å². The number of carboxylic acids is 1. The van der Waals surface area contributed by atoms with Crippen LogP contribution in [0.4, 0.5) is 0 Å². The lowest BCUT2D eigenvalue weighted by Gasteiger charge is -2.29. The van der Waals surface area contributed by atoms with Crippen LogP contribution in [0.3, 0.4) is 0 Å². The molecule has 1 amide bonds. The van der Waals surface area contributed by atoms with E-state index in [2.05, 4.69) is 0 Å². The lowest BCUT2D eigenvalue weighted by atomic mass is 10.0. The van der Waals surface area contributed by atoms with Crippen LogP contribution in [0.2, 0.25) is 0 Å². The number of hydrogen-bond donors (Lipinski definition) is 2. The van der Waals surface area contributed by atoms with Gasteiger partial charge in [0, 0.05) is 17.7 Å². The standard InChI is InChI=1S/C11H20N2O3S/c1-4-9-13(7(6-17-9)10(15)16)8(14)5-11(2,3)12/h7,9H,4-6,12H2,1-3H3,(H,15,16). The van der Waals surface area contributed by atoms with Gasteiger partial charge in [0.2, 0.25) is 5.91 Å². The molecule has 6 heteroatoms. The van der Waals surface area contributed by atoms with E-state index in [1.807, 2.05) is 6.92 Å². The van der Waals surface area contributed by atoms with Crippen molar-refractivity contribution in [2.24, 2.45) is 5.73 Å². The number of carboxylic acid groups (broad SMARTS) is 1. The normalized spacial score (nSPS) is 25.1. The Morgan fingerprint density at radius 2 is 2.12 bits per heavy atom. The summed E-state index contributed by atoms with van der Waals surface area (Å²) in [5, 5.41) is 9.07. The van der Waals surface area contributed by atoms with E-state index in [-0.39, 0.29) is 17.7 Å². The van der Waals surface area contributed by atoms with Crippen LogP contribution >= 0.6 is 11.8 Å². The molecule has 3 N–H and O–H groups in total. The zero-order chi connectivity index (χ0) is 13.2. The van der Waals surface area contributed by atoms with Gasteiger partial charge < -0.3 is 15.7 Å². The highest BCUT2D eigenvalue weighted by molar-refractivity contribution is 8.00. The lowest BCUT2D eigenvalue weighted by molar-refractivity contribution is -0.149. The molecule has 1 fully saturated rings. The van der Waals surface area contributed by atoms with Crippen molar-refractivity contribution in [1.82, 2.24) is 4.90 Å². The number of nitrogens with two attached hydrogens (primary N) is 1. The number of amides is 1. The van der Waals surface area contributed by atoms with Crippen molar-refractivity contribution in [2.45, 2.75) is 50.6 Å². The van der Waals surface area contributed by atoms with Crippen molar-refractivity contribution in [3.63, 3.8) is 0 Å². The molecule has 0 aromatic heterocycles. The van der Waals surface area contributed by atoms with Crippen molar-refractivity contribution in [2.75, 3.05) is 5.75 Å². The van der Waals surface area contributed by atoms with Gasteiger partial charge in [0.05, 0.1) is 5.37 Å². The third-order valence-electron chi connectivity index (χ3n) is 2.62. The second-order valence-electron chi connectivity index (χ2n) is 5.02. The Balaban J connectivity index is 2.82. The number of rotatable bonds is 4. The Morgan fingerprint density at radius 3 is 2.53 bits per heavy atom. The number of nitrogens with zero attached hydrogens (tertiary/aromatic N) is 1. The summed E-state index contributed by atoms with van der Waals surface area (Å²) in [7, 11) is 0. The van der Waals surface area contributed by atoms with E-state index >= 15 is 0 Å². The Morgan fingerprint density at radius 1 is 1.53 bits per heavy atom. The molecule has 0 saturated carbocycles. The third kappa shape index (κ3) is 3.61. The molecule has 1 aliphatic heterocycles. The topological polar surface area (TPSA) is 83.6 Å². The highest BCUT2D eigenvalue weighted by Gasteiger charge is 2.41. The van der Waals surface area contributed by atoms with Crippen LogP contribution in [0.5, 0.6) is 0 Å². The van der Waals surface area contributed by atoms with E-state index in [1.165, 1.54) is 16.7 Å². The zero-order valence-corrected chi connectivity index (χ0v) is 11.3. The second-order valence-corrected chi connectivity index (χ2v) is 6.23. The van der Waals surface area contributed by atoms with E-state index in [0.29, 0.717) is 5.75 Å². The quantitative estimate of drug-likeness (QED) is 0.784. The highest BCUT2D eigenvalue weighted by Crippen LogP contribution is 2.32. The van der Waals surface area contributed by atoms with E-state index in [9.17, 15) is 9.59 Å². The lowest BCUT2D eigenvalue weighted by Crippen LogP contribution is -2.49. The molecule has 0 bridgehead atoms. The predicted octanol–water partition coefficient (Wildman–Crippen LogP) is 0.879. The molecule has 1 rings (SSSR count). The zero-order valence-electron chi connectivity index (χ0n) is 10.5. The van der Waals surface area contributed by atoms with Crippen LogP contribution in [0, 0.1) is 0 Å². The first kappa shape index (κ1) is 14.3. The smallest absolute Gasteiger partial charge is 0.327 e. The van der Waals surface area contributed by atoms with Crippen molar-refractivity contribution in [3.8, 4) is 0 Å². The van der Waals surface area contributed by atoms with E-state index < -0.39 is 17.6 Å². The first-order valence-electron chi connectivity index (χ1n) is 5.70. The average molecular weight is 260 g/mol. The van der Waals surface area contributed by atoms with Crippen molar-refractivity contribution in [1.29, 1.82) is 0 Å². The number of carbonyl (C=O) groups excluding carboxylic acids is 1. The van der Waals surface area contributed by atoms with E-state index in [0.717, 1.165) is 6.42 Å². The molecule has 0 aromatic carbocycles. The largest absolute Gasteiger partial charge is 0.480 e. The fourth-order valence-corrected chi connectivity index (χ4v) is 3.25. The molecule has 0 radical (unpaired) electrons. The van der Waals surface area contributed by atoms with Gasteiger partial charge in [-0.05, 0) is 20.3 Å². The van der Waals surface area contributed by atoms with Gasteiger partial charge in [-0.1, -0.05) is 6.92 Å².